The molecule has 2 N–H and O–H groups in total. The van der Waals surface area contributed by atoms with E-state index < -0.39 is 5.60 Å². The Hall–Kier alpha value is -2.09. The molecule has 3 heterocycles. The van der Waals surface area contributed by atoms with Crippen LogP contribution in [0, 0.1) is 0 Å². The fraction of sp³-hybridized carbons (Fsp3) is 0.773. The molecule has 1 aromatic heterocycles. The first-order valence-electron chi connectivity index (χ1n) is 10.8. The highest BCUT2D eigenvalue weighted by molar-refractivity contribution is 5.95. The molecule has 168 valence electrons. The lowest BCUT2D eigenvalue weighted by Gasteiger charge is -2.54. The molecule has 0 unspecified atom stereocenters. The van der Waals surface area contributed by atoms with Crippen molar-refractivity contribution < 1.29 is 14.3 Å². The molecule has 0 aliphatic carbocycles. The summed E-state index contributed by atoms with van der Waals surface area (Å²) < 4.78 is 7.33. The Morgan fingerprint density at radius 3 is 2.23 bits per heavy atom. The van der Waals surface area contributed by atoms with Crippen molar-refractivity contribution in [3.63, 3.8) is 0 Å². The Labute approximate surface area is 179 Å². The predicted molar refractivity (Wildman–Crippen MR) is 115 cm³/mol. The molecule has 0 atom stereocenters. The summed E-state index contributed by atoms with van der Waals surface area (Å²) >= 11 is 0. The third-order valence-electron chi connectivity index (χ3n) is 6.03. The average molecular weight is 420 g/mol. The van der Waals surface area contributed by atoms with E-state index in [0.717, 1.165) is 24.1 Å². The SMILES string of the molecule is Cn1nc(C(=O)N2C(C)(C)CC(N)CC2(C)C)c2c1CCN(C(=O)OC(C)(C)C)C2. The molecule has 30 heavy (non-hydrogen) atoms. The molecule has 2 aliphatic rings. The van der Waals surface area contributed by atoms with Gasteiger partial charge in [0.05, 0.1) is 6.54 Å². The van der Waals surface area contributed by atoms with Crippen LogP contribution >= 0.6 is 0 Å². The number of likely N-dealkylation sites (tertiary alicyclic amines) is 1. The van der Waals surface area contributed by atoms with Crippen LogP contribution in [0.15, 0.2) is 0 Å². The van der Waals surface area contributed by atoms with Crippen LogP contribution in [0.3, 0.4) is 0 Å². The number of nitrogens with zero attached hydrogens (tertiary/aromatic N) is 4. The zero-order chi connectivity index (χ0) is 22.6. The van der Waals surface area contributed by atoms with Gasteiger partial charge in [0, 0.05) is 48.4 Å². The van der Waals surface area contributed by atoms with Crippen molar-refractivity contribution in [1.29, 1.82) is 0 Å². The van der Waals surface area contributed by atoms with Crippen LogP contribution in [-0.2, 0) is 24.8 Å². The van der Waals surface area contributed by atoms with Crippen molar-refractivity contribution in [2.24, 2.45) is 12.8 Å². The lowest BCUT2D eigenvalue weighted by Crippen LogP contribution is -2.65. The first-order chi connectivity index (χ1) is 13.6. The van der Waals surface area contributed by atoms with Gasteiger partial charge in [-0.3, -0.25) is 9.48 Å². The summed E-state index contributed by atoms with van der Waals surface area (Å²) in [6.07, 6.45) is 1.76. The highest BCUT2D eigenvalue weighted by Crippen LogP contribution is 2.39. The Kier molecular flexibility index (Phi) is 5.46. The van der Waals surface area contributed by atoms with Crippen LogP contribution in [0.1, 0.15) is 83.1 Å². The average Bonchev–Trinajstić information content (AvgIpc) is 2.87. The molecule has 8 heteroatoms. The molecule has 2 amide bonds. The molecule has 0 spiro atoms. The third-order valence-corrected chi connectivity index (χ3v) is 6.03. The van der Waals surface area contributed by atoms with Crippen molar-refractivity contribution >= 4 is 12.0 Å². The minimum atomic E-state index is -0.564. The van der Waals surface area contributed by atoms with E-state index >= 15 is 0 Å². The predicted octanol–water partition coefficient (Wildman–Crippen LogP) is 2.83. The maximum Gasteiger partial charge on any atom is 0.410 e. The molecule has 0 radical (unpaired) electrons. The van der Waals surface area contributed by atoms with Crippen LogP contribution in [0.4, 0.5) is 4.79 Å². The van der Waals surface area contributed by atoms with Gasteiger partial charge in [0.25, 0.3) is 5.91 Å². The van der Waals surface area contributed by atoms with Crippen molar-refractivity contribution in [2.75, 3.05) is 6.54 Å². The van der Waals surface area contributed by atoms with E-state index in [1.165, 1.54) is 0 Å². The quantitative estimate of drug-likeness (QED) is 0.755. The van der Waals surface area contributed by atoms with Crippen LogP contribution in [-0.4, -0.2) is 60.8 Å². The van der Waals surface area contributed by atoms with Crippen molar-refractivity contribution in [1.82, 2.24) is 19.6 Å². The fourth-order valence-corrected chi connectivity index (χ4v) is 5.26. The molecule has 2 aliphatic heterocycles. The van der Waals surface area contributed by atoms with Crippen molar-refractivity contribution in [3.8, 4) is 0 Å². The number of rotatable bonds is 1. The van der Waals surface area contributed by atoms with Gasteiger partial charge >= 0.3 is 6.09 Å². The zero-order valence-corrected chi connectivity index (χ0v) is 19.7. The molecule has 1 aromatic rings. The van der Waals surface area contributed by atoms with E-state index in [-0.39, 0.29) is 29.1 Å². The van der Waals surface area contributed by atoms with Gasteiger partial charge in [-0.1, -0.05) is 0 Å². The van der Waals surface area contributed by atoms with E-state index in [9.17, 15) is 9.59 Å². The van der Waals surface area contributed by atoms with Gasteiger partial charge < -0.3 is 20.3 Å². The number of aryl methyl sites for hydroxylation is 1. The number of hydrogen-bond donors (Lipinski definition) is 1. The number of fused-ring (bicyclic) bond motifs is 1. The Morgan fingerprint density at radius 1 is 1.13 bits per heavy atom. The van der Waals surface area contributed by atoms with Gasteiger partial charge in [0.2, 0.25) is 0 Å². The number of carbonyl (C=O) groups excluding carboxylic acids is 2. The summed E-state index contributed by atoms with van der Waals surface area (Å²) in [5.74, 6) is -0.0974. The number of carbonyl (C=O) groups is 2. The monoisotopic (exact) mass is 419 g/mol. The summed E-state index contributed by atoms with van der Waals surface area (Å²) in [4.78, 5) is 30.0. The number of amides is 2. The van der Waals surface area contributed by atoms with Gasteiger partial charge in [0.15, 0.2) is 5.69 Å². The molecular weight excluding hydrogens is 382 g/mol. The van der Waals surface area contributed by atoms with Gasteiger partial charge in [0.1, 0.15) is 5.60 Å². The number of nitrogens with two attached hydrogens (primary N) is 1. The summed E-state index contributed by atoms with van der Waals surface area (Å²) in [5, 5.41) is 4.60. The second-order valence-corrected chi connectivity index (χ2v) is 11.0. The lowest BCUT2D eigenvalue weighted by molar-refractivity contribution is -0.0180. The van der Waals surface area contributed by atoms with E-state index in [2.05, 4.69) is 32.8 Å². The van der Waals surface area contributed by atoms with E-state index in [4.69, 9.17) is 10.5 Å². The van der Waals surface area contributed by atoms with Gasteiger partial charge in [-0.15, -0.1) is 0 Å². The molecule has 3 rings (SSSR count). The zero-order valence-electron chi connectivity index (χ0n) is 19.7. The first-order valence-corrected chi connectivity index (χ1v) is 10.8. The second-order valence-electron chi connectivity index (χ2n) is 11.0. The number of aromatic nitrogens is 2. The number of ether oxygens (including phenoxy) is 1. The molecule has 1 saturated heterocycles. The number of hydrogen-bond acceptors (Lipinski definition) is 5. The van der Waals surface area contributed by atoms with Crippen LogP contribution in [0.2, 0.25) is 0 Å². The minimum absolute atomic E-state index is 0.0550. The summed E-state index contributed by atoms with van der Waals surface area (Å²) in [6, 6.07) is 0.0550. The topological polar surface area (TPSA) is 93.7 Å². The summed E-state index contributed by atoms with van der Waals surface area (Å²) in [5.41, 5.74) is 7.20. The molecule has 8 nitrogen and oxygen atoms in total. The van der Waals surface area contributed by atoms with E-state index in [1.54, 1.807) is 9.58 Å². The Morgan fingerprint density at radius 2 is 1.70 bits per heavy atom. The fourth-order valence-electron chi connectivity index (χ4n) is 5.26. The minimum Gasteiger partial charge on any atom is -0.444 e. The van der Waals surface area contributed by atoms with E-state index in [1.807, 2.05) is 32.7 Å². The summed E-state index contributed by atoms with van der Waals surface area (Å²) in [7, 11) is 1.86. The second kappa shape index (κ2) is 7.25. The molecule has 0 aromatic carbocycles. The molecule has 0 bridgehead atoms. The highest BCUT2D eigenvalue weighted by atomic mass is 16.6. The van der Waals surface area contributed by atoms with Crippen molar-refractivity contribution in [2.45, 2.75) is 97.0 Å². The number of piperidine rings is 1. The molecule has 0 saturated carbocycles. The van der Waals surface area contributed by atoms with Crippen LogP contribution in [0.25, 0.3) is 0 Å². The first kappa shape index (κ1) is 22.6. The maximum absolute atomic E-state index is 13.8. The Balaban J connectivity index is 1.94. The molecular formula is C22H37N5O3. The standard InChI is InChI=1S/C22H37N5O3/c1-20(2,3)30-19(29)26-10-9-16-15(13-26)17(24-25(16)8)18(28)27-21(4,5)11-14(23)12-22(27,6)7/h14H,9-13,23H2,1-8H3. The molecule has 1 fully saturated rings. The van der Waals surface area contributed by atoms with Gasteiger partial charge in [-0.05, 0) is 61.3 Å². The van der Waals surface area contributed by atoms with Crippen LogP contribution < -0.4 is 5.73 Å². The van der Waals surface area contributed by atoms with E-state index in [0.29, 0.717) is 25.2 Å². The van der Waals surface area contributed by atoms with Crippen LogP contribution in [0.5, 0.6) is 0 Å². The highest BCUT2D eigenvalue weighted by Gasteiger charge is 2.48. The largest absolute Gasteiger partial charge is 0.444 e. The van der Waals surface area contributed by atoms with Gasteiger partial charge in [-0.2, -0.15) is 5.10 Å². The van der Waals surface area contributed by atoms with Crippen molar-refractivity contribution in [3.05, 3.63) is 17.0 Å². The summed E-state index contributed by atoms with van der Waals surface area (Å²) in [6.45, 7) is 14.7. The third kappa shape index (κ3) is 4.19. The maximum atomic E-state index is 13.8. The normalized spacial score (nSPS) is 21.4. The lowest BCUT2D eigenvalue weighted by atomic mass is 9.77. The Bertz CT molecular complexity index is 832. The van der Waals surface area contributed by atoms with Gasteiger partial charge in [-0.25, -0.2) is 4.79 Å². The smallest absolute Gasteiger partial charge is 0.410 e.